The van der Waals surface area contributed by atoms with E-state index in [9.17, 15) is 10.1 Å². The third-order valence-electron chi connectivity index (χ3n) is 3.11. The van der Waals surface area contributed by atoms with Crippen molar-refractivity contribution in [3.8, 4) is 0 Å². The fourth-order valence-corrected chi connectivity index (χ4v) is 1.97. The van der Waals surface area contributed by atoms with Gasteiger partial charge in [0.2, 0.25) is 5.82 Å². The lowest BCUT2D eigenvalue weighted by atomic mass is 10.2. The molecule has 0 saturated heterocycles. The predicted octanol–water partition coefficient (Wildman–Crippen LogP) is 0.786. The first-order chi connectivity index (χ1) is 8.00. The van der Waals surface area contributed by atoms with Crippen LogP contribution in [0, 0.1) is 23.0 Å². The summed E-state index contributed by atoms with van der Waals surface area (Å²) >= 11 is 0. The van der Waals surface area contributed by atoms with E-state index < -0.39 is 4.92 Å². The van der Waals surface area contributed by atoms with Crippen molar-refractivity contribution in [2.75, 3.05) is 11.9 Å². The molecule has 0 amide bonds. The van der Waals surface area contributed by atoms with Gasteiger partial charge >= 0.3 is 5.69 Å². The van der Waals surface area contributed by atoms with E-state index in [-0.39, 0.29) is 11.7 Å². The first-order valence-electron chi connectivity index (χ1n) is 5.68. The minimum absolute atomic E-state index is 0.0375. The Morgan fingerprint density at radius 1 is 1.71 bits per heavy atom. The summed E-state index contributed by atoms with van der Waals surface area (Å²) < 4.78 is 1.49. The summed E-state index contributed by atoms with van der Waals surface area (Å²) in [5, 5.41) is 18.0. The number of hydrogen-bond acceptors (Lipinski definition) is 5. The van der Waals surface area contributed by atoms with Gasteiger partial charge < -0.3 is 11.1 Å². The highest BCUT2D eigenvalue weighted by atomic mass is 16.6. The molecule has 2 rings (SSSR count). The molecule has 1 saturated carbocycles. The van der Waals surface area contributed by atoms with E-state index in [0.29, 0.717) is 24.0 Å². The zero-order valence-corrected chi connectivity index (χ0v) is 10.0. The topological polar surface area (TPSA) is 99.0 Å². The summed E-state index contributed by atoms with van der Waals surface area (Å²) in [5.74, 6) is 1.000. The zero-order valence-electron chi connectivity index (χ0n) is 10.0. The Bertz CT molecular complexity index is 438. The first kappa shape index (κ1) is 11.8. The maximum absolute atomic E-state index is 10.9. The third-order valence-corrected chi connectivity index (χ3v) is 3.11. The highest BCUT2D eigenvalue weighted by Crippen LogP contribution is 2.32. The van der Waals surface area contributed by atoms with Crippen LogP contribution in [0.5, 0.6) is 0 Å². The van der Waals surface area contributed by atoms with Crippen LogP contribution in [0.15, 0.2) is 0 Å². The Hall–Kier alpha value is -1.63. The average molecular weight is 239 g/mol. The highest BCUT2D eigenvalue weighted by molar-refractivity contribution is 5.59. The number of rotatable bonds is 5. The standard InChI is InChI=1S/C10H17N5O2/c1-6-9(15(16)17)10(14(2)13-6)12-5-8(11)7-3-4-7/h7-8,12H,3-5,11H2,1-2H3. The molecular weight excluding hydrogens is 222 g/mol. The SMILES string of the molecule is Cc1nn(C)c(NCC(N)C2CC2)c1[N+](=O)[O-]. The van der Waals surface area contributed by atoms with Gasteiger partial charge in [0.25, 0.3) is 0 Å². The second-order valence-electron chi connectivity index (χ2n) is 4.55. The summed E-state index contributed by atoms with van der Waals surface area (Å²) in [6.07, 6.45) is 2.32. The molecular formula is C10H17N5O2. The Morgan fingerprint density at radius 2 is 2.35 bits per heavy atom. The van der Waals surface area contributed by atoms with E-state index in [0.717, 1.165) is 12.8 Å². The fourth-order valence-electron chi connectivity index (χ4n) is 1.97. The van der Waals surface area contributed by atoms with Gasteiger partial charge in [-0.3, -0.25) is 10.1 Å². The van der Waals surface area contributed by atoms with E-state index in [4.69, 9.17) is 5.73 Å². The Morgan fingerprint density at radius 3 is 2.88 bits per heavy atom. The number of hydrogen-bond donors (Lipinski definition) is 2. The summed E-state index contributed by atoms with van der Waals surface area (Å²) in [6, 6.07) is 0.0600. The lowest BCUT2D eigenvalue weighted by Gasteiger charge is -2.12. The van der Waals surface area contributed by atoms with Gasteiger partial charge in [-0.05, 0) is 25.7 Å². The number of nitrogens with two attached hydrogens (primary N) is 1. The molecule has 0 aromatic carbocycles. The molecule has 1 atom stereocenters. The smallest absolute Gasteiger partial charge is 0.333 e. The molecule has 1 aliphatic carbocycles. The second-order valence-corrected chi connectivity index (χ2v) is 4.55. The largest absolute Gasteiger partial charge is 0.363 e. The van der Waals surface area contributed by atoms with Crippen LogP contribution in [0.3, 0.4) is 0 Å². The quantitative estimate of drug-likeness (QED) is 0.584. The highest BCUT2D eigenvalue weighted by Gasteiger charge is 2.30. The minimum atomic E-state index is -0.409. The number of nitro groups is 1. The molecule has 1 fully saturated rings. The summed E-state index contributed by atoms with van der Waals surface area (Å²) in [4.78, 5) is 10.5. The lowest BCUT2D eigenvalue weighted by molar-refractivity contribution is -0.384. The van der Waals surface area contributed by atoms with Crippen molar-refractivity contribution in [3.05, 3.63) is 15.8 Å². The van der Waals surface area contributed by atoms with Crippen LogP contribution in [0.4, 0.5) is 11.5 Å². The predicted molar refractivity (Wildman–Crippen MR) is 63.8 cm³/mol. The fraction of sp³-hybridized carbons (Fsp3) is 0.700. The number of aryl methyl sites for hydroxylation is 2. The van der Waals surface area contributed by atoms with Crippen molar-refractivity contribution >= 4 is 11.5 Å². The van der Waals surface area contributed by atoms with Gasteiger partial charge in [0.05, 0.1) is 4.92 Å². The monoisotopic (exact) mass is 239 g/mol. The van der Waals surface area contributed by atoms with Crippen LogP contribution < -0.4 is 11.1 Å². The number of nitrogens with zero attached hydrogens (tertiary/aromatic N) is 3. The second kappa shape index (κ2) is 4.33. The van der Waals surface area contributed by atoms with Gasteiger partial charge in [0.1, 0.15) is 5.69 Å². The minimum Gasteiger partial charge on any atom is -0.363 e. The number of anilines is 1. The molecule has 0 spiro atoms. The molecule has 7 nitrogen and oxygen atoms in total. The van der Waals surface area contributed by atoms with Crippen molar-refractivity contribution in [1.82, 2.24) is 9.78 Å². The van der Waals surface area contributed by atoms with Crippen LogP contribution in [0.1, 0.15) is 18.5 Å². The maximum Gasteiger partial charge on any atom is 0.333 e. The number of nitrogens with one attached hydrogen (secondary N) is 1. The molecule has 0 aliphatic heterocycles. The zero-order chi connectivity index (χ0) is 12.6. The van der Waals surface area contributed by atoms with Gasteiger partial charge in [-0.15, -0.1) is 0 Å². The van der Waals surface area contributed by atoms with Gasteiger partial charge in [0, 0.05) is 19.6 Å². The normalized spacial score (nSPS) is 16.9. The van der Waals surface area contributed by atoms with E-state index in [2.05, 4.69) is 10.4 Å². The molecule has 17 heavy (non-hydrogen) atoms. The Kier molecular flexibility index (Phi) is 3.01. The van der Waals surface area contributed by atoms with Crippen molar-refractivity contribution in [3.63, 3.8) is 0 Å². The van der Waals surface area contributed by atoms with Gasteiger partial charge in [-0.25, -0.2) is 4.68 Å². The van der Waals surface area contributed by atoms with Crippen LogP contribution in [0.25, 0.3) is 0 Å². The van der Waals surface area contributed by atoms with Gasteiger partial charge in [0.15, 0.2) is 0 Å². The molecule has 1 aliphatic rings. The van der Waals surface area contributed by atoms with Crippen LogP contribution in [-0.4, -0.2) is 27.3 Å². The molecule has 94 valence electrons. The molecule has 1 unspecified atom stereocenters. The molecule has 0 bridgehead atoms. The van der Waals surface area contributed by atoms with Crippen molar-refractivity contribution in [2.45, 2.75) is 25.8 Å². The molecule has 1 aromatic rings. The van der Waals surface area contributed by atoms with Crippen molar-refractivity contribution in [2.24, 2.45) is 18.7 Å². The lowest BCUT2D eigenvalue weighted by Crippen LogP contribution is -2.31. The van der Waals surface area contributed by atoms with Gasteiger partial charge in [-0.1, -0.05) is 0 Å². The van der Waals surface area contributed by atoms with Crippen LogP contribution in [0.2, 0.25) is 0 Å². The maximum atomic E-state index is 10.9. The average Bonchev–Trinajstić information content (AvgIpc) is 3.02. The summed E-state index contributed by atoms with van der Waals surface area (Å²) in [5.41, 5.74) is 6.40. The number of aromatic nitrogens is 2. The first-order valence-corrected chi connectivity index (χ1v) is 5.68. The van der Waals surface area contributed by atoms with Crippen molar-refractivity contribution < 1.29 is 4.92 Å². The summed E-state index contributed by atoms with van der Waals surface area (Å²) in [6.45, 7) is 2.18. The Labute approximate surface area is 99.1 Å². The third kappa shape index (κ3) is 2.38. The van der Waals surface area contributed by atoms with Gasteiger partial charge in [-0.2, -0.15) is 5.10 Å². The van der Waals surface area contributed by atoms with Crippen LogP contribution >= 0.6 is 0 Å². The molecule has 7 heteroatoms. The molecule has 3 N–H and O–H groups in total. The molecule has 1 heterocycles. The molecule has 1 aromatic heterocycles. The van der Waals surface area contributed by atoms with E-state index in [1.807, 2.05) is 0 Å². The van der Waals surface area contributed by atoms with E-state index in [1.165, 1.54) is 4.68 Å². The van der Waals surface area contributed by atoms with E-state index >= 15 is 0 Å². The van der Waals surface area contributed by atoms with Crippen LogP contribution in [-0.2, 0) is 7.05 Å². The van der Waals surface area contributed by atoms with E-state index in [1.54, 1.807) is 14.0 Å². The van der Waals surface area contributed by atoms with Crippen molar-refractivity contribution in [1.29, 1.82) is 0 Å². The molecule has 0 radical (unpaired) electrons. The summed E-state index contributed by atoms with van der Waals surface area (Å²) in [7, 11) is 1.69. The Balaban J connectivity index is 2.10.